The Morgan fingerprint density at radius 3 is 2.38 bits per heavy atom. The highest BCUT2D eigenvalue weighted by atomic mass is 32.2. The molecular weight excluding hydrogens is 416 g/mol. The number of benzene rings is 1. The van der Waals surface area contributed by atoms with Gasteiger partial charge in [-0.1, -0.05) is 23.8 Å². The number of carbonyl (C=O) groups excluding carboxylic acids is 2. The number of sulfonamides is 1. The Labute approximate surface area is 173 Å². The van der Waals surface area contributed by atoms with Gasteiger partial charge in [0.2, 0.25) is 5.91 Å². The molecule has 1 aromatic heterocycles. The van der Waals surface area contributed by atoms with E-state index < -0.39 is 34.2 Å². The number of ether oxygens (including phenoxy) is 2. The van der Waals surface area contributed by atoms with Gasteiger partial charge >= 0.3 is 0 Å². The maximum atomic E-state index is 13.2. The smallest absolute Gasteiger partial charge is 0.253 e. The van der Waals surface area contributed by atoms with Crippen LogP contribution in [0.1, 0.15) is 12.0 Å². The molecular formula is C19H22N2O6S2. The van der Waals surface area contributed by atoms with Crippen LogP contribution in [0.15, 0.2) is 46.0 Å². The van der Waals surface area contributed by atoms with Crippen LogP contribution in [-0.4, -0.2) is 57.6 Å². The van der Waals surface area contributed by atoms with E-state index in [4.69, 9.17) is 9.47 Å². The lowest BCUT2D eigenvalue weighted by atomic mass is 10.2. The van der Waals surface area contributed by atoms with E-state index in [9.17, 15) is 18.0 Å². The molecule has 0 radical (unpaired) electrons. The summed E-state index contributed by atoms with van der Waals surface area (Å²) in [4.78, 5) is 26.8. The van der Waals surface area contributed by atoms with Crippen molar-refractivity contribution in [3.63, 3.8) is 0 Å². The summed E-state index contributed by atoms with van der Waals surface area (Å²) in [6.07, 6.45) is -1.14. The standard InChI is InChI=1S/C19H22N2O6S2/c1-13-6-8-14(9-7-13)21-16(22)11-15(19(21)23)20(12-17(26-2)27-3)29(24,25)18-5-4-10-28-18/h4-10,15,17H,11-12H2,1-3H3. The molecule has 0 bridgehead atoms. The van der Waals surface area contributed by atoms with E-state index in [2.05, 4.69) is 0 Å². The van der Waals surface area contributed by atoms with Gasteiger partial charge in [-0.3, -0.25) is 9.59 Å². The van der Waals surface area contributed by atoms with Crippen molar-refractivity contribution < 1.29 is 27.5 Å². The van der Waals surface area contributed by atoms with Gasteiger partial charge in [0, 0.05) is 14.2 Å². The number of hydrogen-bond donors (Lipinski definition) is 0. The molecule has 2 heterocycles. The van der Waals surface area contributed by atoms with Crippen LogP contribution in [0.25, 0.3) is 0 Å². The molecule has 1 unspecified atom stereocenters. The van der Waals surface area contributed by atoms with Crippen LogP contribution in [0.5, 0.6) is 0 Å². The van der Waals surface area contributed by atoms with E-state index in [1.807, 2.05) is 6.92 Å². The molecule has 1 aromatic carbocycles. The third kappa shape index (κ3) is 4.26. The maximum absolute atomic E-state index is 13.2. The number of aryl methyl sites for hydroxylation is 1. The van der Waals surface area contributed by atoms with Crippen molar-refractivity contribution in [1.82, 2.24) is 4.31 Å². The highest BCUT2D eigenvalue weighted by Crippen LogP contribution is 2.31. The number of rotatable bonds is 8. The molecule has 1 saturated heterocycles. The van der Waals surface area contributed by atoms with Crippen molar-refractivity contribution in [1.29, 1.82) is 0 Å². The number of hydrogen-bond acceptors (Lipinski definition) is 7. The second kappa shape index (κ2) is 8.72. The lowest BCUT2D eigenvalue weighted by Gasteiger charge is -2.28. The highest BCUT2D eigenvalue weighted by molar-refractivity contribution is 7.91. The van der Waals surface area contributed by atoms with Crippen LogP contribution in [0.3, 0.4) is 0 Å². The summed E-state index contributed by atoms with van der Waals surface area (Å²) in [7, 11) is -1.27. The SMILES string of the molecule is COC(CN(C1CC(=O)N(c2ccc(C)cc2)C1=O)S(=O)(=O)c1cccs1)OC. The first-order valence-electron chi connectivity index (χ1n) is 8.84. The Morgan fingerprint density at radius 2 is 1.83 bits per heavy atom. The molecule has 1 aliphatic rings. The number of amides is 2. The minimum atomic E-state index is -4.03. The molecule has 156 valence electrons. The number of methoxy groups -OCH3 is 2. The minimum absolute atomic E-state index is 0.0810. The van der Waals surface area contributed by atoms with Gasteiger partial charge in [-0.25, -0.2) is 13.3 Å². The van der Waals surface area contributed by atoms with Crippen molar-refractivity contribution in [2.75, 3.05) is 25.7 Å². The van der Waals surface area contributed by atoms with E-state index in [1.54, 1.807) is 35.7 Å². The summed E-state index contributed by atoms with van der Waals surface area (Å²) in [5.41, 5.74) is 1.39. The first-order chi connectivity index (χ1) is 13.8. The van der Waals surface area contributed by atoms with Crippen LogP contribution in [-0.2, 0) is 29.1 Å². The number of carbonyl (C=O) groups is 2. The Hall–Kier alpha value is -2.11. The summed E-state index contributed by atoms with van der Waals surface area (Å²) in [5.74, 6) is -1.05. The van der Waals surface area contributed by atoms with Gasteiger partial charge in [-0.15, -0.1) is 11.3 Å². The summed E-state index contributed by atoms with van der Waals surface area (Å²) in [5, 5.41) is 1.63. The van der Waals surface area contributed by atoms with Crippen molar-refractivity contribution in [3.8, 4) is 0 Å². The zero-order valence-corrected chi connectivity index (χ0v) is 17.9. The molecule has 0 aliphatic carbocycles. The summed E-state index contributed by atoms with van der Waals surface area (Å²) >= 11 is 1.04. The number of thiophene rings is 1. The average molecular weight is 439 g/mol. The number of anilines is 1. The highest BCUT2D eigenvalue weighted by Gasteiger charge is 2.47. The fourth-order valence-corrected chi connectivity index (χ4v) is 5.80. The summed E-state index contributed by atoms with van der Waals surface area (Å²) < 4.78 is 37.9. The molecule has 2 aromatic rings. The largest absolute Gasteiger partial charge is 0.354 e. The van der Waals surface area contributed by atoms with Crippen LogP contribution in [0.4, 0.5) is 5.69 Å². The van der Waals surface area contributed by atoms with Crippen molar-refractivity contribution in [2.45, 2.75) is 29.9 Å². The fourth-order valence-electron chi connectivity index (χ4n) is 3.12. The summed E-state index contributed by atoms with van der Waals surface area (Å²) in [6.45, 7) is 1.67. The van der Waals surface area contributed by atoms with Crippen LogP contribution < -0.4 is 4.90 Å². The Bertz CT molecular complexity index is 969. The topological polar surface area (TPSA) is 93.2 Å². The number of imide groups is 1. The first-order valence-corrected chi connectivity index (χ1v) is 11.2. The van der Waals surface area contributed by atoms with Crippen molar-refractivity contribution >= 4 is 38.9 Å². The normalized spacial score (nSPS) is 17.7. The second-order valence-corrected chi connectivity index (χ2v) is 9.60. The van der Waals surface area contributed by atoms with E-state index in [0.29, 0.717) is 5.69 Å². The van der Waals surface area contributed by atoms with E-state index in [-0.39, 0.29) is 17.2 Å². The zero-order chi connectivity index (χ0) is 21.2. The molecule has 0 saturated carbocycles. The van der Waals surface area contributed by atoms with E-state index in [0.717, 1.165) is 26.1 Å². The van der Waals surface area contributed by atoms with Gasteiger partial charge in [0.05, 0.1) is 18.7 Å². The quantitative estimate of drug-likeness (QED) is 0.462. The molecule has 29 heavy (non-hydrogen) atoms. The third-order valence-electron chi connectivity index (χ3n) is 4.68. The lowest BCUT2D eigenvalue weighted by Crippen LogP contribution is -2.48. The molecule has 8 nitrogen and oxygen atoms in total. The van der Waals surface area contributed by atoms with Gasteiger partial charge in [0.25, 0.3) is 15.9 Å². The number of nitrogens with zero attached hydrogens (tertiary/aromatic N) is 2. The summed E-state index contributed by atoms with van der Waals surface area (Å²) in [6, 6.07) is 8.80. The molecule has 3 rings (SSSR count). The predicted molar refractivity (Wildman–Crippen MR) is 108 cm³/mol. The van der Waals surface area contributed by atoms with Crippen molar-refractivity contribution in [3.05, 3.63) is 47.3 Å². The Morgan fingerprint density at radius 1 is 1.17 bits per heavy atom. The van der Waals surface area contributed by atoms with Crippen LogP contribution >= 0.6 is 11.3 Å². The molecule has 1 fully saturated rings. The maximum Gasteiger partial charge on any atom is 0.253 e. The third-order valence-corrected chi connectivity index (χ3v) is 7.92. The fraction of sp³-hybridized carbons (Fsp3) is 0.368. The Balaban J connectivity index is 1.98. The van der Waals surface area contributed by atoms with Gasteiger partial charge in [-0.2, -0.15) is 4.31 Å². The Kier molecular flexibility index (Phi) is 6.49. The van der Waals surface area contributed by atoms with Gasteiger partial charge < -0.3 is 9.47 Å². The van der Waals surface area contributed by atoms with E-state index >= 15 is 0 Å². The predicted octanol–water partition coefficient (Wildman–Crippen LogP) is 2.00. The molecule has 1 atom stereocenters. The van der Waals surface area contributed by atoms with Crippen LogP contribution in [0, 0.1) is 6.92 Å². The van der Waals surface area contributed by atoms with Crippen molar-refractivity contribution in [2.24, 2.45) is 0 Å². The molecule has 2 amide bonds. The minimum Gasteiger partial charge on any atom is -0.354 e. The molecule has 0 spiro atoms. The van der Waals surface area contributed by atoms with Gasteiger partial charge in [-0.05, 0) is 30.5 Å². The molecule has 1 aliphatic heterocycles. The van der Waals surface area contributed by atoms with Gasteiger partial charge in [0.15, 0.2) is 6.29 Å². The second-order valence-electron chi connectivity index (χ2n) is 6.53. The first kappa shape index (κ1) is 21.6. The lowest BCUT2D eigenvalue weighted by molar-refractivity contribution is -0.125. The monoisotopic (exact) mass is 438 g/mol. The van der Waals surface area contributed by atoms with Crippen LogP contribution in [0.2, 0.25) is 0 Å². The zero-order valence-electron chi connectivity index (χ0n) is 16.3. The molecule has 10 heteroatoms. The van der Waals surface area contributed by atoms with E-state index in [1.165, 1.54) is 20.3 Å². The molecule has 0 N–H and O–H groups in total. The average Bonchev–Trinajstić information content (AvgIpc) is 3.33. The van der Waals surface area contributed by atoms with Gasteiger partial charge in [0.1, 0.15) is 10.3 Å².